The van der Waals surface area contributed by atoms with Crippen LogP contribution in [0.2, 0.25) is 0 Å². The summed E-state index contributed by atoms with van der Waals surface area (Å²) in [6, 6.07) is 22.4. The zero-order valence-electron chi connectivity index (χ0n) is 14.8. The topological polar surface area (TPSA) is 93.8 Å². The lowest BCUT2D eigenvalue weighted by Crippen LogP contribution is -2.18. The number of hydrazone groups is 1. The summed E-state index contributed by atoms with van der Waals surface area (Å²) >= 11 is 0. The van der Waals surface area contributed by atoms with Crippen LogP contribution in [0.4, 0.5) is 5.69 Å². The summed E-state index contributed by atoms with van der Waals surface area (Å²) in [5.41, 5.74) is 4.20. The number of nitro benzene ring substituents is 1. The van der Waals surface area contributed by atoms with Crippen LogP contribution in [0.1, 0.15) is 21.5 Å². The lowest BCUT2D eigenvalue weighted by atomic mass is 10.2. The third-order valence-electron chi connectivity index (χ3n) is 3.83. The molecule has 0 saturated carbocycles. The lowest BCUT2D eigenvalue weighted by molar-refractivity contribution is -0.384. The maximum Gasteiger partial charge on any atom is 0.275 e. The molecular formula is C21H17N3O4. The van der Waals surface area contributed by atoms with E-state index >= 15 is 0 Å². The van der Waals surface area contributed by atoms with Gasteiger partial charge in [0.25, 0.3) is 11.6 Å². The van der Waals surface area contributed by atoms with Crippen LogP contribution in [0.5, 0.6) is 5.75 Å². The van der Waals surface area contributed by atoms with Gasteiger partial charge in [-0.2, -0.15) is 5.10 Å². The smallest absolute Gasteiger partial charge is 0.275 e. The molecular weight excluding hydrogens is 358 g/mol. The number of hydrogen-bond donors (Lipinski definition) is 1. The van der Waals surface area contributed by atoms with E-state index in [-0.39, 0.29) is 5.69 Å². The molecule has 0 radical (unpaired) electrons. The van der Waals surface area contributed by atoms with E-state index < -0.39 is 10.8 Å². The number of rotatable bonds is 7. The summed E-state index contributed by atoms with van der Waals surface area (Å²) in [7, 11) is 0. The van der Waals surface area contributed by atoms with Crippen molar-refractivity contribution in [1.29, 1.82) is 0 Å². The van der Waals surface area contributed by atoms with Gasteiger partial charge in [-0.3, -0.25) is 14.9 Å². The highest BCUT2D eigenvalue weighted by atomic mass is 16.6. The van der Waals surface area contributed by atoms with Crippen LogP contribution < -0.4 is 10.2 Å². The third-order valence-corrected chi connectivity index (χ3v) is 3.83. The number of carbonyl (C=O) groups excluding carboxylic acids is 1. The minimum atomic E-state index is -0.490. The van der Waals surface area contributed by atoms with E-state index in [0.717, 1.165) is 5.56 Å². The van der Waals surface area contributed by atoms with E-state index in [9.17, 15) is 14.9 Å². The average molecular weight is 375 g/mol. The summed E-state index contributed by atoms with van der Waals surface area (Å²) in [6.45, 7) is 0.335. The Hall–Kier alpha value is -4.00. The molecule has 1 amide bonds. The predicted octanol–water partition coefficient (Wildman–Crippen LogP) is 3.94. The molecule has 0 aliphatic rings. The van der Waals surface area contributed by atoms with Crippen molar-refractivity contribution in [3.63, 3.8) is 0 Å². The van der Waals surface area contributed by atoms with Crippen LogP contribution in [-0.2, 0) is 6.61 Å². The minimum absolute atomic E-state index is 0.0464. The van der Waals surface area contributed by atoms with Crippen LogP contribution in [0.15, 0.2) is 84.0 Å². The van der Waals surface area contributed by atoms with E-state index in [1.165, 1.54) is 18.3 Å². The van der Waals surface area contributed by atoms with Gasteiger partial charge in [-0.15, -0.1) is 0 Å². The van der Waals surface area contributed by atoms with Crippen LogP contribution in [-0.4, -0.2) is 17.0 Å². The second-order valence-electron chi connectivity index (χ2n) is 5.82. The van der Waals surface area contributed by atoms with Gasteiger partial charge in [0, 0.05) is 17.7 Å². The number of hydrogen-bond acceptors (Lipinski definition) is 5. The average Bonchev–Trinajstić information content (AvgIpc) is 2.73. The number of amides is 1. The molecule has 0 atom stereocenters. The molecule has 0 aliphatic heterocycles. The fourth-order valence-corrected chi connectivity index (χ4v) is 2.46. The van der Waals surface area contributed by atoms with Crippen molar-refractivity contribution < 1.29 is 14.5 Å². The summed E-state index contributed by atoms with van der Waals surface area (Å²) < 4.78 is 5.76. The van der Waals surface area contributed by atoms with Crippen LogP contribution in [0.25, 0.3) is 0 Å². The molecule has 0 aliphatic carbocycles. The Morgan fingerprint density at radius 2 is 1.79 bits per heavy atom. The monoisotopic (exact) mass is 375 g/mol. The number of para-hydroxylation sites is 1. The first-order valence-electron chi connectivity index (χ1n) is 8.47. The molecule has 3 aromatic carbocycles. The van der Waals surface area contributed by atoms with Crippen molar-refractivity contribution >= 4 is 17.8 Å². The molecule has 3 rings (SSSR count). The molecule has 0 bridgehead atoms. The standard InChI is InChI=1S/C21H17N3O4/c25-21(23-22-14-17-9-6-10-18(13-17)24(26)27)19-11-4-5-12-20(19)28-15-16-7-2-1-3-8-16/h1-14H,15H2,(H,23,25)/b22-14-. The normalized spacial score (nSPS) is 10.6. The van der Waals surface area contributed by atoms with Crippen LogP contribution in [0.3, 0.4) is 0 Å². The molecule has 0 aromatic heterocycles. The van der Waals surface area contributed by atoms with Gasteiger partial charge in [-0.1, -0.05) is 54.6 Å². The number of ether oxygens (including phenoxy) is 1. The van der Waals surface area contributed by atoms with Crippen molar-refractivity contribution in [2.45, 2.75) is 6.61 Å². The number of non-ortho nitro benzene ring substituents is 1. The third kappa shape index (κ3) is 5.01. The Morgan fingerprint density at radius 1 is 1.04 bits per heavy atom. The van der Waals surface area contributed by atoms with Crippen LogP contribution >= 0.6 is 0 Å². The highest BCUT2D eigenvalue weighted by Gasteiger charge is 2.11. The van der Waals surface area contributed by atoms with Crippen molar-refractivity contribution in [2.75, 3.05) is 0 Å². The molecule has 7 nitrogen and oxygen atoms in total. The number of nitrogens with zero attached hydrogens (tertiary/aromatic N) is 2. The van der Waals surface area contributed by atoms with E-state index in [1.54, 1.807) is 36.4 Å². The number of nitro groups is 1. The van der Waals surface area contributed by atoms with Gasteiger partial charge in [-0.05, 0) is 17.7 Å². The molecule has 3 aromatic rings. The number of carbonyl (C=O) groups is 1. The summed E-state index contributed by atoms with van der Waals surface area (Å²) in [5, 5.41) is 14.7. The van der Waals surface area contributed by atoms with Crippen LogP contribution in [0, 0.1) is 10.1 Å². The van der Waals surface area contributed by atoms with Crippen molar-refractivity contribution in [3.05, 3.63) is 106 Å². The molecule has 7 heteroatoms. The van der Waals surface area contributed by atoms with E-state index in [4.69, 9.17) is 4.74 Å². The van der Waals surface area contributed by atoms with Crippen molar-refractivity contribution in [3.8, 4) is 5.75 Å². The van der Waals surface area contributed by atoms with Gasteiger partial charge in [0.1, 0.15) is 12.4 Å². The fraction of sp³-hybridized carbons (Fsp3) is 0.0476. The maximum absolute atomic E-state index is 12.4. The van der Waals surface area contributed by atoms with Crippen molar-refractivity contribution in [1.82, 2.24) is 5.43 Å². The summed E-state index contributed by atoms with van der Waals surface area (Å²) in [6.07, 6.45) is 1.35. The number of benzene rings is 3. The Labute approximate surface area is 161 Å². The molecule has 140 valence electrons. The molecule has 0 saturated heterocycles. The Balaban J connectivity index is 1.66. The molecule has 0 unspecified atom stereocenters. The highest BCUT2D eigenvalue weighted by molar-refractivity contribution is 5.97. The summed E-state index contributed by atoms with van der Waals surface area (Å²) in [4.78, 5) is 22.7. The second-order valence-corrected chi connectivity index (χ2v) is 5.82. The number of nitrogens with one attached hydrogen (secondary N) is 1. The molecule has 28 heavy (non-hydrogen) atoms. The van der Waals surface area contributed by atoms with E-state index in [0.29, 0.717) is 23.5 Å². The van der Waals surface area contributed by atoms with Gasteiger partial charge in [0.05, 0.1) is 16.7 Å². The lowest BCUT2D eigenvalue weighted by Gasteiger charge is -2.10. The first kappa shape index (κ1) is 18.8. The zero-order valence-corrected chi connectivity index (χ0v) is 14.8. The van der Waals surface area contributed by atoms with E-state index in [1.807, 2.05) is 30.3 Å². The quantitative estimate of drug-likeness (QED) is 0.384. The van der Waals surface area contributed by atoms with Gasteiger partial charge >= 0.3 is 0 Å². The molecule has 0 spiro atoms. The Morgan fingerprint density at radius 3 is 2.57 bits per heavy atom. The largest absolute Gasteiger partial charge is 0.488 e. The second kappa shape index (κ2) is 9.09. The first-order chi connectivity index (χ1) is 13.6. The minimum Gasteiger partial charge on any atom is -0.488 e. The SMILES string of the molecule is O=C(N/N=C\c1cccc([N+](=O)[O-])c1)c1ccccc1OCc1ccccc1. The van der Waals surface area contributed by atoms with E-state index in [2.05, 4.69) is 10.5 Å². The zero-order chi connectivity index (χ0) is 19.8. The molecule has 1 N–H and O–H groups in total. The summed E-state index contributed by atoms with van der Waals surface area (Å²) in [5.74, 6) is -0.000237. The Kier molecular flexibility index (Phi) is 6.10. The van der Waals surface area contributed by atoms with Gasteiger partial charge < -0.3 is 4.74 Å². The van der Waals surface area contributed by atoms with Crippen molar-refractivity contribution in [2.24, 2.45) is 5.10 Å². The van der Waals surface area contributed by atoms with Gasteiger partial charge in [-0.25, -0.2) is 5.43 Å². The molecule has 0 heterocycles. The van der Waals surface area contributed by atoms with Gasteiger partial charge in [0.15, 0.2) is 0 Å². The molecule has 0 fully saturated rings. The predicted molar refractivity (Wildman–Crippen MR) is 105 cm³/mol. The maximum atomic E-state index is 12.4. The Bertz CT molecular complexity index is 1000. The first-order valence-corrected chi connectivity index (χ1v) is 8.47. The fourth-order valence-electron chi connectivity index (χ4n) is 2.46. The highest BCUT2D eigenvalue weighted by Crippen LogP contribution is 2.19. The van der Waals surface area contributed by atoms with Gasteiger partial charge in [0.2, 0.25) is 0 Å².